The number of fused-ring (bicyclic) bond motifs is 3. The van der Waals surface area contributed by atoms with Crippen LogP contribution in [0.1, 0.15) is 22.5 Å². The lowest BCUT2D eigenvalue weighted by atomic mass is 10.0. The van der Waals surface area contributed by atoms with Crippen LogP contribution in [0.3, 0.4) is 0 Å². The van der Waals surface area contributed by atoms with Gasteiger partial charge < -0.3 is 14.2 Å². The summed E-state index contributed by atoms with van der Waals surface area (Å²) in [4.78, 5) is 5.87. The van der Waals surface area contributed by atoms with Gasteiger partial charge in [-0.15, -0.1) is 0 Å². The number of pyridine rings is 1. The minimum Gasteiger partial charge on any atom is -0.497 e. The Kier molecular flexibility index (Phi) is 4.79. The third-order valence-corrected chi connectivity index (χ3v) is 5.39. The van der Waals surface area contributed by atoms with E-state index in [1.807, 2.05) is 6.07 Å². The van der Waals surface area contributed by atoms with E-state index < -0.39 is 11.9 Å². The van der Waals surface area contributed by atoms with Crippen molar-refractivity contribution in [2.24, 2.45) is 0 Å². The number of rotatable bonds is 4. The van der Waals surface area contributed by atoms with Gasteiger partial charge in [0.2, 0.25) is 0 Å². The molecular formula is C21H22F3N3O. The quantitative estimate of drug-likeness (QED) is 0.667. The third-order valence-electron chi connectivity index (χ3n) is 5.39. The summed E-state index contributed by atoms with van der Waals surface area (Å²) >= 11 is 0. The van der Waals surface area contributed by atoms with Gasteiger partial charge in [0.05, 0.1) is 7.11 Å². The normalized spacial score (nSPS) is 15.0. The second kappa shape index (κ2) is 7.13. The zero-order valence-corrected chi connectivity index (χ0v) is 15.9. The van der Waals surface area contributed by atoms with Crippen LogP contribution in [-0.4, -0.2) is 35.2 Å². The van der Waals surface area contributed by atoms with Crippen molar-refractivity contribution in [2.45, 2.75) is 32.1 Å². The largest absolute Gasteiger partial charge is 0.497 e. The first-order valence-corrected chi connectivity index (χ1v) is 9.25. The Morgan fingerprint density at radius 1 is 1.18 bits per heavy atom. The summed E-state index contributed by atoms with van der Waals surface area (Å²) in [5, 5.41) is 1.19. The first-order chi connectivity index (χ1) is 13.4. The van der Waals surface area contributed by atoms with Gasteiger partial charge in [-0.05, 0) is 48.9 Å². The predicted molar refractivity (Wildman–Crippen MR) is 101 cm³/mol. The van der Waals surface area contributed by atoms with E-state index in [9.17, 15) is 13.2 Å². The highest BCUT2D eigenvalue weighted by Crippen LogP contribution is 2.33. The molecule has 1 aromatic carbocycles. The van der Waals surface area contributed by atoms with Crippen LogP contribution in [0.5, 0.6) is 5.75 Å². The van der Waals surface area contributed by atoms with Crippen molar-refractivity contribution >= 4 is 10.9 Å². The average molecular weight is 389 g/mol. The summed E-state index contributed by atoms with van der Waals surface area (Å²) in [6.07, 6.45) is -1.49. The van der Waals surface area contributed by atoms with E-state index in [4.69, 9.17) is 4.74 Å². The Hall–Kier alpha value is -2.54. The molecule has 1 aliphatic heterocycles. The molecule has 3 aromatic rings. The van der Waals surface area contributed by atoms with Gasteiger partial charge in [-0.25, -0.2) is 0 Å². The summed E-state index contributed by atoms with van der Waals surface area (Å²) in [5.41, 5.74) is 3.70. The maximum Gasteiger partial charge on any atom is 0.433 e. The Morgan fingerprint density at radius 2 is 2.00 bits per heavy atom. The Labute approximate surface area is 161 Å². The summed E-state index contributed by atoms with van der Waals surface area (Å²) < 4.78 is 45.8. The van der Waals surface area contributed by atoms with Crippen LogP contribution in [0.4, 0.5) is 13.2 Å². The number of aryl methyl sites for hydroxylation is 2. The van der Waals surface area contributed by atoms with Crippen LogP contribution in [0.2, 0.25) is 0 Å². The molecule has 148 valence electrons. The highest BCUT2D eigenvalue weighted by molar-refractivity contribution is 5.87. The zero-order valence-electron chi connectivity index (χ0n) is 15.9. The predicted octanol–water partition coefficient (Wildman–Crippen LogP) is 4.29. The number of hydrogen-bond acceptors (Lipinski definition) is 3. The van der Waals surface area contributed by atoms with E-state index in [2.05, 4.69) is 33.6 Å². The summed E-state index contributed by atoms with van der Waals surface area (Å²) in [6, 6.07) is 8.66. The first-order valence-electron chi connectivity index (χ1n) is 9.25. The van der Waals surface area contributed by atoms with Crippen molar-refractivity contribution in [3.63, 3.8) is 0 Å². The molecule has 3 heterocycles. The van der Waals surface area contributed by atoms with Gasteiger partial charge in [0.1, 0.15) is 11.4 Å². The third kappa shape index (κ3) is 3.46. The maximum absolute atomic E-state index is 12.7. The molecule has 4 nitrogen and oxygen atoms in total. The SMILES string of the molecule is COc1ccc2c(c1)c1c(n2CCc2ccc(C(F)(F)F)nc2)CCN(C)C1. The number of hydrogen-bond donors (Lipinski definition) is 0. The lowest BCUT2D eigenvalue weighted by molar-refractivity contribution is -0.141. The molecule has 0 saturated heterocycles. The molecule has 0 atom stereocenters. The minimum atomic E-state index is -4.40. The lowest BCUT2D eigenvalue weighted by Gasteiger charge is -2.24. The number of aromatic nitrogens is 2. The van der Waals surface area contributed by atoms with E-state index >= 15 is 0 Å². The van der Waals surface area contributed by atoms with Crippen molar-refractivity contribution < 1.29 is 17.9 Å². The molecule has 0 amide bonds. The Morgan fingerprint density at radius 3 is 2.68 bits per heavy atom. The second-order valence-electron chi connectivity index (χ2n) is 7.25. The van der Waals surface area contributed by atoms with Crippen LogP contribution in [0.25, 0.3) is 10.9 Å². The molecule has 28 heavy (non-hydrogen) atoms. The van der Waals surface area contributed by atoms with Crippen molar-refractivity contribution in [3.05, 3.63) is 59.0 Å². The van der Waals surface area contributed by atoms with Crippen LogP contribution < -0.4 is 4.74 Å². The maximum atomic E-state index is 12.7. The van der Waals surface area contributed by atoms with E-state index in [-0.39, 0.29) is 0 Å². The Bertz CT molecular complexity index is 993. The molecule has 0 spiro atoms. The van der Waals surface area contributed by atoms with Gasteiger partial charge in [0, 0.05) is 48.8 Å². The summed E-state index contributed by atoms with van der Waals surface area (Å²) in [7, 11) is 3.77. The summed E-state index contributed by atoms with van der Waals surface area (Å²) in [6.45, 7) is 2.57. The van der Waals surface area contributed by atoms with Gasteiger partial charge in [-0.1, -0.05) is 6.07 Å². The number of benzene rings is 1. The summed E-state index contributed by atoms with van der Waals surface area (Å²) in [5.74, 6) is 0.826. The van der Waals surface area contributed by atoms with Crippen molar-refractivity contribution in [2.75, 3.05) is 20.7 Å². The fraction of sp³-hybridized carbons (Fsp3) is 0.381. The van der Waals surface area contributed by atoms with Gasteiger partial charge in [0.15, 0.2) is 0 Å². The van der Waals surface area contributed by atoms with Crippen molar-refractivity contribution in [1.82, 2.24) is 14.5 Å². The first kappa shape index (κ1) is 18.8. The number of ether oxygens (including phenoxy) is 1. The lowest BCUT2D eigenvalue weighted by Crippen LogP contribution is -2.27. The van der Waals surface area contributed by atoms with Crippen LogP contribution in [0.15, 0.2) is 36.5 Å². The molecule has 0 radical (unpaired) electrons. The highest BCUT2D eigenvalue weighted by atomic mass is 19.4. The molecule has 0 unspecified atom stereocenters. The second-order valence-corrected chi connectivity index (χ2v) is 7.25. The zero-order chi connectivity index (χ0) is 19.9. The van der Waals surface area contributed by atoms with E-state index in [1.54, 1.807) is 7.11 Å². The van der Waals surface area contributed by atoms with Gasteiger partial charge in [-0.3, -0.25) is 4.98 Å². The van der Waals surface area contributed by atoms with Crippen LogP contribution >= 0.6 is 0 Å². The number of halogens is 3. The van der Waals surface area contributed by atoms with Crippen molar-refractivity contribution in [1.29, 1.82) is 0 Å². The van der Waals surface area contributed by atoms with Gasteiger partial charge in [-0.2, -0.15) is 13.2 Å². The van der Waals surface area contributed by atoms with E-state index in [0.717, 1.165) is 42.4 Å². The smallest absolute Gasteiger partial charge is 0.433 e. The molecule has 2 aromatic heterocycles. The van der Waals surface area contributed by atoms with Crippen molar-refractivity contribution in [3.8, 4) is 5.75 Å². The monoisotopic (exact) mass is 389 g/mol. The van der Waals surface area contributed by atoms with E-state index in [0.29, 0.717) is 13.0 Å². The fourth-order valence-corrected chi connectivity index (χ4v) is 3.93. The Balaban J connectivity index is 1.65. The number of methoxy groups -OCH3 is 1. The topological polar surface area (TPSA) is 30.3 Å². The molecule has 1 aliphatic rings. The minimum absolute atomic E-state index is 0.628. The molecule has 0 bridgehead atoms. The molecule has 0 saturated carbocycles. The molecule has 0 aliphatic carbocycles. The highest BCUT2D eigenvalue weighted by Gasteiger charge is 2.32. The van der Waals surface area contributed by atoms with Crippen LogP contribution in [-0.2, 0) is 32.1 Å². The number of nitrogens with zero attached hydrogens (tertiary/aromatic N) is 3. The molecule has 4 rings (SSSR count). The molecule has 7 heteroatoms. The van der Waals surface area contributed by atoms with Crippen LogP contribution in [0, 0.1) is 0 Å². The molecule has 0 fully saturated rings. The number of likely N-dealkylation sites (N-methyl/N-ethyl adjacent to an activating group) is 1. The molecular weight excluding hydrogens is 367 g/mol. The standard InChI is InChI=1S/C21H22F3N3O/c1-26-9-8-19-17(13-26)16-11-15(28-2)4-5-18(16)27(19)10-7-14-3-6-20(25-12-14)21(22,23)24/h3-6,11-12H,7-10,13H2,1-2H3. The fourth-order valence-electron chi connectivity index (χ4n) is 3.93. The number of alkyl halides is 3. The average Bonchev–Trinajstić information content (AvgIpc) is 2.98. The molecule has 0 N–H and O–H groups in total. The van der Waals surface area contributed by atoms with E-state index in [1.165, 1.54) is 28.9 Å². The van der Waals surface area contributed by atoms with Gasteiger partial charge >= 0.3 is 6.18 Å². The van der Waals surface area contributed by atoms with Gasteiger partial charge in [0.25, 0.3) is 0 Å².